The van der Waals surface area contributed by atoms with E-state index in [0.29, 0.717) is 39.3 Å². The summed E-state index contributed by atoms with van der Waals surface area (Å²) in [6.45, 7) is 5.14. The molecule has 1 fully saturated rings. The Morgan fingerprint density at radius 2 is 2.21 bits per heavy atom. The maximum absolute atomic E-state index is 10.0. The maximum Gasteiger partial charge on any atom is 0.102 e. The molecule has 0 aromatic rings. The van der Waals surface area contributed by atoms with Gasteiger partial charge in [0.25, 0.3) is 0 Å². The fourth-order valence-electron chi connectivity index (χ4n) is 2.12. The summed E-state index contributed by atoms with van der Waals surface area (Å²) in [5, 5.41) is 22.8. The molecule has 1 aliphatic rings. The Morgan fingerprint density at radius 1 is 1.37 bits per heavy atom. The summed E-state index contributed by atoms with van der Waals surface area (Å²) in [6.07, 6.45) is 4.86. The molecule has 0 aromatic carbocycles. The van der Waals surface area contributed by atoms with Crippen molar-refractivity contribution in [1.29, 1.82) is 0 Å². The minimum Gasteiger partial charge on any atom is -0.389 e. The van der Waals surface area contributed by atoms with Gasteiger partial charge in [0, 0.05) is 32.7 Å². The van der Waals surface area contributed by atoms with Crippen LogP contribution in [-0.4, -0.2) is 61.4 Å². The van der Waals surface area contributed by atoms with E-state index in [1.807, 2.05) is 0 Å². The van der Waals surface area contributed by atoms with Gasteiger partial charge in [-0.2, -0.15) is 0 Å². The van der Waals surface area contributed by atoms with Crippen LogP contribution in [0.25, 0.3) is 0 Å². The van der Waals surface area contributed by atoms with Gasteiger partial charge in [0.15, 0.2) is 0 Å². The Bertz CT molecular complexity index is 219. The number of ether oxygens (including phenoxy) is 2. The molecule has 3 N–H and O–H groups in total. The largest absolute Gasteiger partial charge is 0.389 e. The van der Waals surface area contributed by atoms with Crippen molar-refractivity contribution < 1.29 is 19.7 Å². The zero-order valence-electron chi connectivity index (χ0n) is 12.1. The minimum atomic E-state index is -0.763. The van der Waals surface area contributed by atoms with E-state index in [0.717, 1.165) is 13.0 Å². The van der Waals surface area contributed by atoms with Crippen LogP contribution in [-0.2, 0) is 9.47 Å². The summed E-state index contributed by atoms with van der Waals surface area (Å²) in [5.41, 5.74) is -0.763. The van der Waals surface area contributed by atoms with Gasteiger partial charge in [-0.1, -0.05) is 26.2 Å². The molecule has 5 nitrogen and oxygen atoms in total. The molecule has 19 heavy (non-hydrogen) atoms. The van der Waals surface area contributed by atoms with Crippen molar-refractivity contribution in [1.82, 2.24) is 5.32 Å². The van der Waals surface area contributed by atoms with Crippen LogP contribution in [0, 0.1) is 0 Å². The Kier molecular flexibility index (Phi) is 8.57. The SMILES string of the molecule is CCCCCCOCC(O)CNCC1(O)CCOC1. The van der Waals surface area contributed by atoms with Crippen molar-refractivity contribution >= 4 is 0 Å². The van der Waals surface area contributed by atoms with Crippen LogP contribution in [0.15, 0.2) is 0 Å². The molecule has 1 aliphatic heterocycles. The van der Waals surface area contributed by atoms with Gasteiger partial charge in [-0.05, 0) is 6.42 Å². The first-order valence-electron chi connectivity index (χ1n) is 7.43. The van der Waals surface area contributed by atoms with Crippen molar-refractivity contribution in [3.05, 3.63) is 0 Å². The topological polar surface area (TPSA) is 71.0 Å². The standard InChI is InChI=1S/C14H29NO4/c1-2-3-4-5-7-18-10-13(16)9-15-11-14(17)6-8-19-12-14/h13,15-17H,2-12H2,1H3. The molecule has 0 saturated carbocycles. The Morgan fingerprint density at radius 3 is 2.89 bits per heavy atom. The van der Waals surface area contributed by atoms with E-state index in [4.69, 9.17) is 9.47 Å². The van der Waals surface area contributed by atoms with Crippen molar-refractivity contribution in [2.45, 2.75) is 50.7 Å². The second kappa shape index (κ2) is 9.66. The van der Waals surface area contributed by atoms with E-state index < -0.39 is 11.7 Å². The lowest BCUT2D eigenvalue weighted by atomic mass is 10.0. The number of hydrogen-bond acceptors (Lipinski definition) is 5. The van der Waals surface area contributed by atoms with Gasteiger partial charge < -0.3 is 25.0 Å². The molecular weight excluding hydrogens is 246 g/mol. The van der Waals surface area contributed by atoms with Crippen molar-refractivity contribution in [2.75, 3.05) is 39.5 Å². The van der Waals surface area contributed by atoms with Crippen LogP contribution in [0.2, 0.25) is 0 Å². The van der Waals surface area contributed by atoms with Gasteiger partial charge in [-0.15, -0.1) is 0 Å². The molecule has 0 spiro atoms. The molecule has 1 rings (SSSR count). The molecule has 1 heterocycles. The van der Waals surface area contributed by atoms with Gasteiger partial charge in [-0.3, -0.25) is 0 Å². The summed E-state index contributed by atoms with van der Waals surface area (Å²) in [5.74, 6) is 0. The second-order valence-corrected chi connectivity index (χ2v) is 5.45. The van der Waals surface area contributed by atoms with E-state index in [1.54, 1.807) is 0 Å². The molecule has 5 heteroatoms. The zero-order valence-corrected chi connectivity index (χ0v) is 12.1. The van der Waals surface area contributed by atoms with Gasteiger partial charge in [0.2, 0.25) is 0 Å². The van der Waals surface area contributed by atoms with Gasteiger partial charge in [0.05, 0.1) is 19.3 Å². The molecule has 2 atom stereocenters. The lowest BCUT2D eigenvalue weighted by Crippen LogP contribution is -2.44. The zero-order chi connectivity index (χ0) is 14.0. The van der Waals surface area contributed by atoms with Crippen LogP contribution >= 0.6 is 0 Å². The van der Waals surface area contributed by atoms with Crippen molar-refractivity contribution in [3.63, 3.8) is 0 Å². The molecular formula is C14H29NO4. The monoisotopic (exact) mass is 275 g/mol. The van der Waals surface area contributed by atoms with Crippen LogP contribution in [0.4, 0.5) is 0 Å². The lowest BCUT2D eigenvalue weighted by Gasteiger charge is -2.21. The quantitative estimate of drug-likeness (QED) is 0.484. The van der Waals surface area contributed by atoms with Crippen molar-refractivity contribution in [3.8, 4) is 0 Å². The molecule has 0 radical (unpaired) electrons. The third-order valence-electron chi connectivity index (χ3n) is 3.37. The number of aliphatic hydroxyl groups is 2. The Hall–Kier alpha value is -0.200. The summed E-state index contributed by atoms with van der Waals surface area (Å²) in [7, 11) is 0. The fraction of sp³-hybridized carbons (Fsp3) is 1.00. The number of aliphatic hydroxyl groups excluding tert-OH is 1. The molecule has 114 valence electrons. The van der Waals surface area contributed by atoms with E-state index in [-0.39, 0.29) is 0 Å². The Labute approximate surface area is 116 Å². The highest BCUT2D eigenvalue weighted by Gasteiger charge is 2.31. The first-order valence-corrected chi connectivity index (χ1v) is 7.43. The van der Waals surface area contributed by atoms with E-state index in [9.17, 15) is 10.2 Å². The molecule has 0 bridgehead atoms. The summed E-state index contributed by atoms with van der Waals surface area (Å²) in [6, 6.07) is 0. The number of unbranched alkanes of at least 4 members (excludes halogenated alkanes) is 3. The summed E-state index contributed by atoms with van der Waals surface area (Å²) >= 11 is 0. The first-order chi connectivity index (χ1) is 9.16. The van der Waals surface area contributed by atoms with Gasteiger partial charge >= 0.3 is 0 Å². The molecule has 1 saturated heterocycles. The molecule has 2 unspecified atom stereocenters. The lowest BCUT2D eigenvalue weighted by molar-refractivity contribution is 0.0139. The number of nitrogens with one attached hydrogen (secondary N) is 1. The predicted molar refractivity (Wildman–Crippen MR) is 74.2 cm³/mol. The normalized spacial score (nSPS) is 24.8. The third kappa shape index (κ3) is 7.84. The smallest absolute Gasteiger partial charge is 0.102 e. The van der Waals surface area contributed by atoms with E-state index in [2.05, 4.69) is 12.2 Å². The summed E-state index contributed by atoms with van der Waals surface area (Å²) in [4.78, 5) is 0. The van der Waals surface area contributed by atoms with Gasteiger partial charge in [-0.25, -0.2) is 0 Å². The third-order valence-corrected chi connectivity index (χ3v) is 3.37. The van der Waals surface area contributed by atoms with Crippen LogP contribution < -0.4 is 5.32 Å². The van der Waals surface area contributed by atoms with Crippen molar-refractivity contribution in [2.24, 2.45) is 0 Å². The van der Waals surface area contributed by atoms with Crippen LogP contribution in [0.3, 0.4) is 0 Å². The van der Waals surface area contributed by atoms with Crippen LogP contribution in [0.5, 0.6) is 0 Å². The molecule has 0 amide bonds. The highest BCUT2D eigenvalue weighted by atomic mass is 16.5. The second-order valence-electron chi connectivity index (χ2n) is 5.45. The minimum absolute atomic E-state index is 0.355. The average Bonchev–Trinajstić information content (AvgIpc) is 2.81. The fourth-order valence-corrected chi connectivity index (χ4v) is 2.12. The first kappa shape index (κ1) is 16.9. The Balaban J connectivity index is 1.91. The highest BCUT2D eigenvalue weighted by Crippen LogP contribution is 2.16. The van der Waals surface area contributed by atoms with E-state index >= 15 is 0 Å². The van der Waals surface area contributed by atoms with E-state index in [1.165, 1.54) is 19.3 Å². The molecule has 0 aliphatic carbocycles. The summed E-state index contributed by atoms with van der Waals surface area (Å²) < 4.78 is 10.6. The number of rotatable bonds is 11. The number of hydrogen-bond donors (Lipinski definition) is 3. The van der Waals surface area contributed by atoms with Crippen LogP contribution in [0.1, 0.15) is 39.0 Å². The highest BCUT2D eigenvalue weighted by molar-refractivity contribution is 4.85. The predicted octanol–water partition coefficient (Wildman–Crippen LogP) is 0.685. The maximum atomic E-state index is 10.0. The molecule has 0 aromatic heterocycles. The average molecular weight is 275 g/mol. The van der Waals surface area contributed by atoms with Gasteiger partial charge in [0.1, 0.15) is 5.60 Å².